The summed E-state index contributed by atoms with van der Waals surface area (Å²) in [7, 11) is -3.92. The molecule has 0 unspecified atom stereocenters. The Bertz CT molecular complexity index is 768. The van der Waals surface area contributed by atoms with Crippen molar-refractivity contribution >= 4 is 29.6 Å². The van der Waals surface area contributed by atoms with Crippen LogP contribution >= 0.6 is 22.2 Å². The second-order valence-corrected chi connectivity index (χ2v) is 10.7. The van der Waals surface area contributed by atoms with Gasteiger partial charge in [0.25, 0.3) is 7.42 Å². The SMILES string of the molecule is FC(F)(F)C(F)(F)C(F)(F)C(F)(F)C(F)(F)C(F)(F)C(F)(F)C(F)(F)C(F)(F)C(F)(F)C[Si](Cl)Cl. The van der Waals surface area contributed by atoms with E-state index in [-0.39, 0.29) is 0 Å². The maximum Gasteiger partial charge on any atom is 0.460 e. The molecule has 0 spiro atoms. The zero-order valence-electron chi connectivity index (χ0n) is 14.9. The molecule has 24 heteroatoms. The molecule has 0 fully saturated rings. The number of halogens is 23. The molecule has 0 rings (SSSR count). The molecule has 0 aliphatic rings. The summed E-state index contributed by atoms with van der Waals surface area (Å²) in [6.07, 6.45) is -8.00. The predicted octanol–water partition coefficient (Wildman–Crippen LogP) is 8.23. The Morgan fingerprint density at radius 2 is 0.543 bits per heavy atom. The largest absolute Gasteiger partial charge is 0.460 e. The van der Waals surface area contributed by atoms with Crippen molar-refractivity contribution < 1.29 is 92.2 Å². The molecule has 0 N–H and O–H groups in total. The average Bonchev–Trinajstić information content (AvgIpc) is 2.58. The molecule has 0 bridgehead atoms. The Balaban J connectivity index is 7.03. The van der Waals surface area contributed by atoms with Crippen LogP contribution in [0.25, 0.3) is 0 Å². The topological polar surface area (TPSA) is 0 Å². The third kappa shape index (κ3) is 4.49. The third-order valence-corrected chi connectivity index (χ3v) is 5.44. The standard InChI is InChI=1S/C11H2Cl2F21Si/c12-35(13)1-2(14,15)3(16,17)4(18,19)5(20,21)6(22,23)7(24,25)8(26,27)9(28,29)10(30,31)11(32,33)34/h1H2. The zero-order chi connectivity index (χ0) is 29.3. The van der Waals surface area contributed by atoms with Gasteiger partial charge in [-0.2, -0.15) is 92.2 Å². The Morgan fingerprint density at radius 1 is 0.343 bits per heavy atom. The van der Waals surface area contributed by atoms with Gasteiger partial charge in [-0.05, 0) is 0 Å². The fourth-order valence-corrected chi connectivity index (χ4v) is 3.43. The van der Waals surface area contributed by atoms with Gasteiger partial charge in [0, 0.05) is 6.04 Å². The van der Waals surface area contributed by atoms with Crippen molar-refractivity contribution in [2.24, 2.45) is 0 Å². The fraction of sp³-hybridized carbons (Fsp3) is 1.00. The Kier molecular flexibility index (Phi) is 8.52. The van der Waals surface area contributed by atoms with Crippen LogP contribution in [0.5, 0.6) is 0 Å². The summed E-state index contributed by atoms with van der Waals surface area (Å²) >= 11 is 9.19. The second-order valence-electron chi connectivity index (χ2n) is 6.31. The van der Waals surface area contributed by atoms with Gasteiger partial charge in [-0.15, -0.1) is 22.2 Å². The first-order valence-corrected chi connectivity index (χ1v) is 11.0. The first-order valence-electron chi connectivity index (χ1n) is 7.30. The first kappa shape index (κ1) is 34.3. The summed E-state index contributed by atoms with van der Waals surface area (Å²) in [5.74, 6) is -77.0. The van der Waals surface area contributed by atoms with Crippen LogP contribution < -0.4 is 0 Å². The van der Waals surface area contributed by atoms with Crippen molar-refractivity contribution in [2.45, 2.75) is 65.5 Å². The highest BCUT2D eigenvalue weighted by molar-refractivity contribution is 7.33. The molecule has 0 aromatic rings. The Labute approximate surface area is 188 Å². The van der Waals surface area contributed by atoms with Crippen LogP contribution in [-0.4, -0.2) is 66.9 Å². The highest BCUT2D eigenvalue weighted by Gasteiger charge is 2.97. The van der Waals surface area contributed by atoms with Crippen molar-refractivity contribution in [2.75, 3.05) is 0 Å². The summed E-state index contributed by atoms with van der Waals surface area (Å²) in [5.41, 5.74) is 0. The summed E-state index contributed by atoms with van der Waals surface area (Å²) in [6.45, 7) is 0. The number of hydrogen-bond acceptors (Lipinski definition) is 0. The smallest absolute Gasteiger partial charge is 0.200 e. The van der Waals surface area contributed by atoms with E-state index in [4.69, 9.17) is 0 Å². The quantitative estimate of drug-likeness (QED) is 0.129. The summed E-state index contributed by atoms with van der Waals surface area (Å²) in [6, 6.07) is -2.94. The van der Waals surface area contributed by atoms with E-state index >= 15 is 0 Å². The van der Waals surface area contributed by atoms with E-state index in [2.05, 4.69) is 22.2 Å². The van der Waals surface area contributed by atoms with Crippen LogP contribution in [0.2, 0.25) is 6.04 Å². The molecule has 0 aliphatic carbocycles. The first-order chi connectivity index (χ1) is 14.7. The molecular weight excluding hydrogens is 630 g/mol. The summed E-state index contributed by atoms with van der Waals surface area (Å²) in [5, 5.41) is 0. The van der Waals surface area contributed by atoms with Crippen LogP contribution in [0.15, 0.2) is 0 Å². The Morgan fingerprint density at radius 3 is 0.743 bits per heavy atom. The van der Waals surface area contributed by atoms with E-state index in [1.54, 1.807) is 0 Å². The molecule has 0 saturated heterocycles. The van der Waals surface area contributed by atoms with Crippen molar-refractivity contribution in [3.05, 3.63) is 0 Å². The van der Waals surface area contributed by atoms with Crippen LogP contribution in [0.4, 0.5) is 92.2 Å². The normalized spacial score (nSPS) is 16.8. The van der Waals surface area contributed by atoms with E-state index in [1.807, 2.05) is 0 Å². The van der Waals surface area contributed by atoms with Gasteiger partial charge in [0.05, 0.1) is 0 Å². The lowest BCUT2D eigenvalue weighted by atomic mass is 9.86. The minimum Gasteiger partial charge on any atom is -0.200 e. The molecule has 0 saturated carbocycles. The van der Waals surface area contributed by atoms with Gasteiger partial charge in [0.2, 0.25) is 0 Å². The summed E-state index contributed by atoms with van der Waals surface area (Å²) < 4.78 is 274. The fourth-order valence-electron chi connectivity index (χ4n) is 1.87. The second kappa shape index (κ2) is 8.68. The molecule has 0 aromatic carbocycles. The van der Waals surface area contributed by atoms with Crippen LogP contribution in [-0.2, 0) is 0 Å². The van der Waals surface area contributed by atoms with Crippen molar-refractivity contribution in [3.8, 4) is 0 Å². The van der Waals surface area contributed by atoms with E-state index in [1.165, 1.54) is 0 Å². The Hall–Kier alpha value is -0.673. The van der Waals surface area contributed by atoms with Gasteiger partial charge in [-0.3, -0.25) is 0 Å². The van der Waals surface area contributed by atoms with Crippen molar-refractivity contribution in [3.63, 3.8) is 0 Å². The van der Waals surface area contributed by atoms with Crippen LogP contribution in [0.1, 0.15) is 0 Å². The van der Waals surface area contributed by atoms with Crippen molar-refractivity contribution in [1.82, 2.24) is 0 Å². The molecule has 35 heavy (non-hydrogen) atoms. The van der Waals surface area contributed by atoms with Gasteiger partial charge in [0.15, 0.2) is 0 Å². The van der Waals surface area contributed by atoms with E-state index in [0.29, 0.717) is 0 Å². The van der Waals surface area contributed by atoms with Gasteiger partial charge in [-0.1, -0.05) is 0 Å². The minimum atomic E-state index is -9.18. The monoisotopic (exact) mass is 631 g/mol. The number of rotatable bonds is 10. The molecule has 1 radical (unpaired) electrons. The molecular formula is C11H2Cl2F21Si. The molecule has 211 valence electrons. The number of hydrogen-bond donors (Lipinski definition) is 0. The molecule has 0 aromatic heterocycles. The zero-order valence-corrected chi connectivity index (χ0v) is 17.4. The average molecular weight is 632 g/mol. The van der Waals surface area contributed by atoms with Crippen LogP contribution in [0.3, 0.4) is 0 Å². The third-order valence-electron chi connectivity index (χ3n) is 3.93. The highest BCUT2D eigenvalue weighted by atomic mass is 35.7. The number of alkyl halides is 21. The lowest BCUT2D eigenvalue weighted by Crippen LogP contribution is -2.76. The highest BCUT2D eigenvalue weighted by Crippen LogP contribution is 2.66. The molecule has 0 atom stereocenters. The minimum absolute atomic E-state index is 2.94. The molecule has 0 amide bonds. The van der Waals surface area contributed by atoms with Gasteiger partial charge in [-0.25, -0.2) is 0 Å². The lowest BCUT2D eigenvalue weighted by molar-refractivity contribution is -0.473. The lowest BCUT2D eigenvalue weighted by Gasteiger charge is -2.44. The summed E-state index contributed by atoms with van der Waals surface area (Å²) in [4.78, 5) is 0. The van der Waals surface area contributed by atoms with Crippen LogP contribution in [0, 0.1) is 0 Å². The molecule has 0 aliphatic heterocycles. The van der Waals surface area contributed by atoms with E-state index in [0.717, 1.165) is 0 Å². The molecule has 0 heterocycles. The maximum absolute atomic E-state index is 13.4. The van der Waals surface area contributed by atoms with Crippen molar-refractivity contribution in [1.29, 1.82) is 0 Å². The van der Waals surface area contributed by atoms with Gasteiger partial charge in [0.1, 0.15) is 0 Å². The predicted molar refractivity (Wildman–Crippen MR) is 72.8 cm³/mol. The van der Waals surface area contributed by atoms with E-state index in [9.17, 15) is 92.2 Å². The van der Waals surface area contributed by atoms with Gasteiger partial charge < -0.3 is 0 Å². The maximum atomic E-state index is 13.4. The molecule has 0 nitrogen and oxygen atoms in total. The van der Waals surface area contributed by atoms with Gasteiger partial charge >= 0.3 is 59.5 Å². The van der Waals surface area contributed by atoms with E-state index < -0.39 is 72.9 Å².